The van der Waals surface area contributed by atoms with E-state index in [4.69, 9.17) is 10.4 Å². The van der Waals surface area contributed by atoms with Gasteiger partial charge < -0.3 is 15.3 Å². The highest BCUT2D eigenvalue weighted by molar-refractivity contribution is 7.92. The van der Waals surface area contributed by atoms with Gasteiger partial charge >= 0.3 is 12.3 Å². The molecule has 1 aromatic heterocycles. The van der Waals surface area contributed by atoms with Crippen molar-refractivity contribution in [2.75, 3.05) is 13.1 Å². The van der Waals surface area contributed by atoms with Crippen LogP contribution >= 0.6 is 0 Å². The first kappa shape index (κ1) is 31.1. The monoisotopic (exact) mass is 614 g/mol. The molecule has 0 unspecified atom stereocenters. The van der Waals surface area contributed by atoms with Gasteiger partial charge in [0.05, 0.1) is 34.9 Å². The lowest BCUT2D eigenvalue weighted by molar-refractivity contribution is -0.169. The number of nitriles is 1. The van der Waals surface area contributed by atoms with Gasteiger partial charge in [-0.25, -0.2) is 22.0 Å². The van der Waals surface area contributed by atoms with E-state index in [1.165, 1.54) is 18.3 Å². The van der Waals surface area contributed by atoms with Gasteiger partial charge in [0.1, 0.15) is 5.54 Å². The highest BCUT2D eigenvalue weighted by Gasteiger charge is 2.50. The van der Waals surface area contributed by atoms with Crippen LogP contribution in [-0.4, -0.2) is 65.2 Å². The first-order chi connectivity index (χ1) is 19.5. The van der Waals surface area contributed by atoms with Gasteiger partial charge in [-0.3, -0.25) is 9.78 Å². The van der Waals surface area contributed by atoms with E-state index in [1.54, 1.807) is 13.0 Å². The summed E-state index contributed by atoms with van der Waals surface area (Å²) >= 11 is 0. The zero-order chi connectivity index (χ0) is 31.1. The van der Waals surface area contributed by atoms with Gasteiger partial charge in [-0.2, -0.15) is 18.4 Å². The number of pyridine rings is 1. The number of halogens is 5. The molecular formula is C27H27F5N4O5S. The number of alkyl halides is 5. The summed E-state index contributed by atoms with van der Waals surface area (Å²) in [6, 6.07) is 8.09. The van der Waals surface area contributed by atoms with Crippen LogP contribution in [0.1, 0.15) is 43.4 Å². The van der Waals surface area contributed by atoms with Crippen molar-refractivity contribution in [1.29, 1.82) is 5.26 Å². The van der Waals surface area contributed by atoms with E-state index in [0.29, 0.717) is 24.1 Å². The maximum Gasteiger partial charge on any atom is 0.417 e. The summed E-state index contributed by atoms with van der Waals surface area (Å²) < 4.78 is 94.1. The average molecular weight is 615 g/mol. The van der Waals surface area contributed by atoms with Crippen molar-refractivity contribution < 1.29 is 45.1 Å². The minimum absolute atomic E-state index is 0.00836. The number of amides is 2. The van der Waals surface area contributed by atoms with Gasteiger partial charge in [0.2, 0.25) is 5.91 Å². The van der Waals surface area contributed by atoms with Crippen LogP contribution < -0.4 is 5.32 Å². The minimum atomic E-state index is -4.92. The first-order valence-electron chi connectivity index (χ1n) is 12.9. The fourth-order valence-corrected chi connectivity index (χ4v) is 7.08. The predicted molar refractivity (Wildman–Crippen MR) is 138 cm³/mol. The molecule has 2 heterocycles. The van der Waals surface area contributed by atoms with Crippen molar-refractivity contribution in [2.24, 2.45) is 5.92 Å². The zero-order valence-electron chi connectivity index (χ0n) is 22.3. The molecule has 0 bridgehead atoms. The Hall–Kier alpha value is -3.80. The molecule has 5 rings (SSSR count). The van der Waals surface area contributed by atoms with Crippen LogP contribution in [0.2, 0.25) is 0 Å². The summed E-state index contributed by atoms with van der Waals surface area (Å²) in [7, 11) is -4.41. The summed E-state index contributed by atoms with van der Waals surface area (Å²) in [5, 5.41) is 17.4. The van der Waals surface area contributed by atoms with E-state index in [1.807, 2.05) is 6.07 Å². The minimum Gasteiger partial charge on any atom is -0.465 e. The molecule has 3 fully saturated rings. The quantitative estimate of drug-likeness (QED) is 0.461. The van der Waals surface area contributed by atoms with Crippen molar-refractivity contribution in [3.8, 4) is 17.2 Å². The van der Waals surface area contributed by atoms with Crippen molar-refractivity contribution >= 4 is 21.8 Å². The van der Waals surface area contributed by atoms with Gasteiger partial charge in [-0.15, -0.1) is 0 Å². The molecule has 1 aliphatic heterocycles. The third kappa shape index (κ3) is 6.80. The number of carbonyl (C=O) groups is 2. The lowest BCUT2D eigenvalue weighted by atomic mass is 10.0. The molecule has 2 saturated carbocycles. The largest absolute Gasteiger partial charge is 0.465 e. The van der Waals surface area contributed by atoms with Gasteiger partial charge in [0.25, 0.3) is 5.92 Å². The number of aromatic nitrogens is 1. The summed E-state index contributed by atoms with van der Waals surface area (Å²) in [6.45, 7) is 0.258. The van der Waals surface area contributed by atoms with Crippen LogP contribution in [0.3, 0.4) is 0 Å². The van der Waals surface area contributed by atoms with Gasteiger partial charge in [-0.05, 0) is 74.4 Å². The molecule has 3 aliphatic rings. The van der Waals surface area contributed by atoms with E-state index in [2.05, 4.69) is 10.3 Å². The fourth-order valence-electron chi connectivity index (χ4n) is 5.05. The Balaban J connectivity index is 0.000000385. The van der Waals surface area contributed by atoms with E-state index in [0.717, 1.165) is 17.0 Å². The fraction of sp³-hybridized carbons (Fsp3) is 0.481. The number of nitrogens with one attached hydrogen (secondary N) is 1. The highest BCUT2D eigenvalue weighted by atomic mass is 32.2. The molecule has 0 radical (unpaired) electrons. The number of likely N-dealkylation sites (tertiary alicyclic amines) is 1. The van der Waals surface area contributed by atoms with Crippen LogP contribution in [0.15, 0.2) is 41.4 Å². The Morgan fingerprint density at radius 3 is 2.26 bits per heavy atom. The Bertz CT molecular complexity index is 1530. The Kier molecular flexibility index (Phi) is 8.25. The smallest absolute Gasteiger partial charge is 0.417 e. The topological polar surface area (TPSA) is 140 Å². The molecule has 226 valence electrons. The normalized spacial score (nSPS) is 22.2. The number of aryl methyl sites for hydroxylation is 1. The lowest BCUT2D eigenvalue weighted by Gasteiger charge is -2.40. The van der Waals surface area contributed by atoms with E-state index >= 15 is 0 Å². The number of sulfone groups is 1. The zero-order valence-corrected chi connectivity index (χ0v) is 23.1. The highest BCUT2D eigenvalue weighted by Crippen LogP contribution is 2.42. The average Bonchev–Trinajstić information content (AvgIpc) is 3.47. The second kappa shape index (κ2) is 11.1. The molecule has 1 aromatic carbocycles. The molecule has 9 nitrogen and oxygen atoms in total. The molecule has 15 heteroatoms. The predicted octanol–water partition coefficient (Wildman–Crippen LogP) is 4.81. The number of nitrogens with zero attached hydrogens (tertiary/aromatic N) is 3. The summed E-state index contributed by atoms with van der Waals surface area (Å²) in [6.07, 6.45) is -3.36. The lowest BCUT2D eigenvalue weighted by Crippen LogP contribution is -2.59. The van der Waals surface area contributed by atoms with E-state index < -0.39 is 74.2 Å². The maximum atomic E-state index is 13.9. The number of carbonyl (C=O) groups excluding carboxylic acids is 1. The molecule has 0 spiro atoms. The first-order valence-corrected chi connectivity index (χ1v) is 14.5. The van der Waals surface area contributed by atoms with Gasteiger partial charge in [0, 0.05) is 17.8 Å². The van der Waals surface area contributed by atoms with E-state index in [9.17, 15) is 40.0 Å². The molecule has 2 N–H and O–H groups in total. The summed E-state index contributed by atoms with van der Waals surface area (Å²) in [4.78, 5) is 26.5. The number of carboxylic acid groups (broad SMARTS) is 1. The molecule has 2 aliphatic carbocycles. The number of hydrogen-bond acceptors (Lipinski definition) is 6. The van der Waals surface area contributed by atoms with Crippen LogP contribution in [0.4, 0.5) is 26.7 Å². The van der Waals surface area contributed by atoms with Crippen molar-refractivity contribution in [1.82, 2.24) is 15.2 Å². The second-order valence-corrected chi connectivity index (χ2v) is 12.9. The molecule has 2 aromatic rings. The number of rotatable bonds is 5. The maximum absolute atomic E-state index is 13.9. The Labute approximate surface area is 238 Å². The van der Waals surface area contributed by atoms with Gasteiger partial charge in [-0.1, -0.05) is 6.07 Å². The molecule has 42 heavy (non-hydrogen) atoms. The Morgan fingerprint density at radius 1 is 1.12 bits per heavy atom. The third-order valence-electron chi connectivity index (χ3n) is 7.46. The molecular weight excluding hydrogens is 587 g/mol. The van der Waals surface area contributed by atoms with Crippen molar-refractivity contribution in [3.05, 3.63) is 47.8 Å². The summed E-state index contributed by atoms with van der Waals surface area (Å²) in [5.74, 6) is -4.32. The van der Waals surface area contributed by atoms with Crippen molar-refractivity contribution in [3.63, 3.8) is 0 Å². The molecule has 1 saturated heterocycles. The summed E-state index contributed by atoms with van der Waals surface area (Å²) in [5.41, 5.74) is -0.739. The second-order valence-electron chi connectivity index (χ2n) is 10.7. The number of benzene rings is 1. The van der Waals surface area contributed by atoms with Crippen LogP contribution in [-0.2, 0) is 20.8 Å². The SMILES string of the molecule is Cc1cc(-c2ccc(S(=O)(=O)[C@@H]3CC[C@@H](C(=O)N4CC(F)(F)C4)C3)c(C(F)(F)F)c2)ccn1.N#CC1(NC(=O)O)CC1. The van der Waals surface area contributed by atoms with Crippen LogP contribution in [0, 0.1) is 24.2 Å². The Morgan fingerprint density at radius 2 is 1.76 bits per heavy atom. The van der Waals surface area contributed by atoms with Crippen LogP contribution in [0.5, 0.6) is 0 Å². The van der Waals surface area contributed by atoms with E-state index in [-0.39, 0.29) is 24.8 Å². The standard InChI is InChI=1S/C22H21F5N2O3S.C5H6N2O2/c1-13-8-15(6-7-28-13)14-3-5-19(18(10-14)22(25,26)27)33(31,32)17-4-2-16(9-17)20(30)29-11-21(23,24)12-29;6-3-5(1-2-5)7-4(8)9/h3,5-8,10,16-17H,2,4,9,11-12H2,1H3;7H,1-2H2,(H,8,9)/t16-,17-;/m1./s1. The van der Waals surface area contributed by atoms with Crippen LogP contribution in [0.25, 0.3) is 11.1 Å². The molecule has 2 atom stereocenters. The van der Waals surface area contributed by atoms with Gasteiger partial charge in [0.15, 0.2) is 9.84 Å². The molecule has 2 amide bonds. The number of hydrogen-bond donors (Lipinski definition) is 2. The van der Waals surface area contributed by atoms with Crippen molar-refractivity contribution in [2.45, 2.75) is 66.8 Å². The third-order valence-corrected chi connectivity index (χ3v) is 9.74.